The molecule has 2 N–H and O–H groups in total. The van der Waals surface area contributed by atoms with E-state index in [0.29, 0.717) is 0 Å². The van der Waals surface area contributed by atoms with Crippen LogP contribution in [0.1, 0.15) is 0 Å². The van der Waals surface area contributed by atoms with Crippen LogP contribution in [0.5, 0.6) is 0 Å². The molecule has 21 heavy (non-hydrogen) atoms. The first-order chi connectivity index (χ1) is 9.15. The molecule has 0 fully saturated rings. The molecule has 0 spiro atoms. The number of rotatable bonds is 8. The Balaban J connectivity index is -0.000000295. The average molecular weight is 471 g/mol. The molecule has 0 aliphatic rings. The predicted molar refractivity (Wildman–Crippen MR) is 54.9 cm³/mol. The van der Waals surface area contributed by atoms with E-state index < -0.39 is 53.9 Å². The van der Waals surface area contributed by atoms with Gasteiger partial charge in [-0.2, -0.15) is 0 Å². The van der Waals surface area contributed by atoms with Gasteiger partial charge in [0, 0.05) is 0 Å². The molecular formula is C6H8BaO12P2. The van der Waals surface area contributed by atoms with Crippen LogP contribution in [0.25, 0.3) is 0 Å². The zero-order chi connectivity index (χ0) is 16.3. The summed E-state index contributed by atoms with van der Waals surface area (Å²) in [7, 11) is -6.52. The van der Waals surface area contributed by atoms with Crippen molar-refractivity contribution in [2.75, 3.05) is 13.2 Å². The quantitative estimate of drug-likeness (QED) is 0.249. The van der Waals surface area contributed by atoms with Crippen molar-refractivity contribution in [3.8, 4) is 0 Å². The minimum atomic E-state index is -3.26. The number of hydrogen-bond donors (Lipinski definition) is 2. The third kappa shape index (κ3) is 16.7. The van der Waals surface area contributed by atoms with E-state index in [1.54, 1.807) is 0 Å². The molecule has 4 atom stereocenters. The maximum atomic E-state index is 9.80. The molecule has 0 aliphatic heterocycles. The molecule has 116 valence electrons. The van der Waals surface area contributed by atoms with Crippen LogP contribution in [0.15, 0.2) is 0 Å². The number of carbonyl (C=O) groups excluding carboxylic acids is 2. The summed E-state index contributed by atoms with van der Waals surface area (Å²) in [6.07, 6.45) is -3.58. The SMILES string of the molecule is O=C([O-])C(CO)O[P+](=O)[O-].O=C([O-])C(CO)O[P+](=O)[O-].[Ba+2]. The molecule has 0 saturated heterocycles. The average Bonchev–Trinajstić information content (AvgIpc) is 2.32. The van der Waals surface area contributed by atoms with E-state index in [2.05, 4.69) is 9.05 Å². The van der Waals surface area contributed by atoms with Gasteiger partial charge in [0.1, 0.15) is 0 Å². The van der Waals surface area contributed by atoms with Gasteiger partial charge in [-0.05, 0) is 9.13 Å². The van der Waals surface area contributed by atoms with Crippen LogP contribution in [0.4, 0.5) is 0 Å². The van der Waals surface area contributed by atoms with Gasteiger partial charge in [0.2, 0.25) is 0 Å². The Labute approximate surface area is 159 Å². The smallest absolute Gasteiger partial charge is 0.566 e. The van der Waals surface area contributed by atoms with E-state index in [0.717, 1.165) is 0 Å². The summed E-state index contributed by atoms with van der Waals surface area (Å²) in [5.74, 6) is -3.52. The second kappa shape index (κ2) is 15.4. The number of hydrogen-bond acceptors (Lipinski definition) is 12. The fourth-order valence-electron chi connectivity index (χ4n) is 0.510. The summed E-state index contributed by atoms with van der Waals surface area (Å²) >= 11 is 0. The van der Waals surface area contributed by atoms with Gasteiger partial charge in [0.15, 0.2) is 12.2 Å². The van der Waals surface area contributed by atoms with Gasteiger partial charge in [-0.3, -0.25) is 0 Å². The summed E-state index contributed by atoms with van der Waals surface area (Å²) in [6, 6.07) is 0. The Hall–Kier alpha value is 0.471. The van der Waals surface area contributed by atoms with Crippen LogP contribution in [0, 0.1) is 0 Å². The van der Waals surface area contributed by atoms with E-state index in [9.17, 15) is 38.7 Å². The van der Waals surface area contributed by atoms with Crippen molar-refractivity contribution in [3.63, 3.8) is 0 Å². The Morgan fingerprint density at radius 2 is 1.14 bits per heavy atom. The molecule has 0 heterocycles. The summed E-state index contributed by atoms with van der Waals surface area (Å²) in [4.78, 5) is 39.0. The van der Waals surface area contributed by atoms with Crippen molar-refractivity contribution in [1.82, 2.24) is 0 Å². The Bertz CT molecular complexity index is 328. The van der Waals surface area contributed by atoms with Gasteiger partial charge in [-0.15, -0.1) is 9.05 Å². The Kier molecular flexibility index (Phi) is 19.3. The van der Waals surface area contributed by atoms with Crippen LogP contribution in [-0.4, -0.2) is 96.5 Å². The summed E-state index contributed by atoms with van der Waals surface area (Å²) < 4.78 is 26.8. The minimum absolute atomic E-state index is 0. The second-order valence-corrected chi connectivity index (χ2v) is 3.95. The summed E-state index contributed by atoms with van der Waals surface area (Å²) in [6.45, 7) is -1.85. The monoisotopic (exact) mass is 472 g/mol. The third-order valence-electron chi connectivity index (χ3n) is 1.28. The van der Waals surface area contributed by atoms with E-state index >= 15 is 0 Å². The van der Waals surface area contributed by atoms with Crippen LogP contribution in [0.3, 0.4) is 0 Å². The van der Waals surface area contributed by atoms with Gasteiger partial charge in [0.25, 0.3) is 0 Å². The van der Waals surface area contributed by atoms with Crippen molar-refractivity contribution in [1.29, 1.82) is 0 Å². The maximum Gasteiger partial charge on any atom is 2.00 e. The molecule has 0 aromatic rings. The molecule has 0 bridgehead atoms. The zero-order valence-corrected chi connectivity index (χ0v) is 16.4. The van der Waals surface area contributed by atoms with Gasteiger partial charge >= 0.3 is 65.4 Å². The van der Waals surface area contributed by atoms with Crippen LogP contribution < -0.4 is 20.0 Å². The maximum absolute atomic E-state index is 9.80. The molecule has 0 saturated carbocycles. The van der Waals surface area contributed by atoms with Crippen molar-refractivity contribution >= 4 is 77.3 Å². The van der Waals surface area contributed by atoms with E-state index in [4.69, 9.17) is 10.2 Å². The van der Waals surface area contributed by atoms with Crippen molar-refractivity contribution in [3.05, 3.63) is 0 Å². The molecule has 0 radical (unpaired) electrons. The van der Waals surface area contributed by atoms with Crippen LogP contribution >= 0.6 is 16.5 Å². The first kappa shape index (κ1) is 26.4. The molecule has 4 unspecified atom stereocenters. The molecule has 0 aliphatic carbocycles. The molecule has 15 heteroatoms. The van der Waals surface area contributed by atoms with Gasteiger partial charge in [0.05, 0.1) is 25.2 Å². The van der Waals surface area contributed by atoms with Crippen molar-refractivity contribution in [2.45, 2.75) is 12.2 Å². The normalized spacial score (nSPS) is 13.7. The number of carbonyl (C=O) groups is 2. The number of aliphatic hydroxyl groups excluding tert-OH is 2. The zero-order valence-electron chi connectivity index (χ0n) is 10.1. The fourth-order valence-corrected chi connectivity index (χ4v) is 1.23. The first-order valence-corrected chi connectivity index (χ1v) is 6.60. The Morgan fingerprint density at radius 3 is 1.19 bits per heavy atom. The van der Waals surface area contributed by atoms with E-state index in [-0.39, 0.29) is 48.9 Å². The molecule has 12 nitrogen and oxygen atoms in total. The van der Waals surface area contributed by atoms with Crippen LogP contribution in [-0.2, 0) is 27.8 Å². The van der Waals surface area contributed by atoms with E-state index in [1.165, 1.54) is 0 Å². The van der Waals surface area contributed by atoms with Crippen LogP contribution in [0.2, 0.25) is 0 Å². The van der Waals surface area contributed by atoms with Crippen molar-refractivity contribution < 1.29 is 58.0 Å². The molecule has 0 rings (SSSR count). The fraction of sp³-hybridized carbons (Fsp3) is 0.667. The summed E-state index contributed by atoms with van der Waals surface area (Å²) in [5.41, 5.74) is 0. The minimum Gasteiger partial charge on any atom is -0.566 e. The third-order valence-corrected chi connectivity index (χ3v) is 2.14. The molecule has 0 amide bonds. The van der Waals surface area contributed by atoms with E-state index in [1.807, 2.05) is 0 Å². The number of aliphatic carboxylic acids is 2. The topological polar surface area (TPSA) is 219 Å². The first-order valence-electron chi connectivity index (χ1n) is 4.41. The molecule has 0 aromatic carbocycles. The molecule has 0 aromatic heterocycles. The van der Waals surface area contributed by atoms with Gasteiger partial charge in [-0.1, -0.05) is 0 Å². The standard InChI is InChI=1S/2C3H5O6P.Ba/c2*4-1-2(3(5)6)9-10(7)8;/h2*2,4H,1H2,(H,5,6);/q;;+2/p-2. The predicted octanol–water partition coefficient (Wildman–Crippen LogP) is -6.12. The van der Waals surface area contributed by atoms with Gasteiger partial charge in [-0.25, -0.2) is 0 Å². The number of carboxylic acids is 2. The number of carboxylic acid groups (broad SMARTS) is 2. The Morgan fingerprint density at radius 1 is 0.905 bits per heavy atom. The number of aliphatic hydroxyl groups is 2. The van der Waals surface area contributed by atoms with Gasteiger partial charge < -0.3 is 39.8 Å². The molecular weight excluding hydrogens is 463 g/mol. The summed E-state index contributed by atoms with van der Waals surface area (Å²) in [5, 5.41) is 35.9. The second-order valence-electron chi connectivity index (χ2n) is 2.64. The van der Waals surface area contributed by atoms with Crippen molar-refractivity contribution in [2.24, 2.45) is 0 Å². The largest absolute Gasteiger partial charge is 2.00 e.